The van der Waals surface area contributed by atoms with Gasteiger partial charge in [-0.25, -0.2) is 0 Å². The van der Waals surface area contributed by atoms with Crippen LogP contribution in [0.15, 0.2) is 0 Å². The molecule has 102 valence electrons. The van der Waals surface area contributed by atoms with Crippen molar-refractivity contribution in [1.29, 1.82) is 0 Å². The molecule has 0 bridgehead atoms. The zero-order chi connectivity index (χ0) is 10.6. The molecule has 0 spiro atoms. The van der Waals surface area contributed by atoms with E-state index in [0.29, 0.717) is 0 Å². The van der Waals surface area contributed by atoms with E-state index in [4.69, 9.17) is 0 Å². The normalized spacial score (nSPS) is 11.4. The second-order valence-electron chi connectivity index (χ2n) is 4.78. The van der Waals surface area contributed by atoms with Gasteiger partial charge < -0.3 is 12.3 Å². The Balaban J connectivity index is -0.000000845. The predicted molar refractivity (Wildman–Crippen MR) is 76.7 cm³/mol. The highest BCUT2D eigenvalue weighted by atomic mass is 14.0. The predicted octanol–water partition coefficient (Wildman–Crippen LogP) is 5.89. The van der Waals surface area contributed by atoms with Gasteiger partial charge in [0.2, 0.25) is 0 Å². The first-order valence-electron chi connectivity index (χ1n) is 6.81. The van der Waals surface area contributed by atoms with Crippen molar-refractivity contribution in [3.8, 4) is 0 Å². The Hall–Kier alpha value is -0.0800. The topological polar surface area (TPSA) is 70.0 Å². The molecule has 0 rings (SSSR count). The second-order valence-corrected chi connectivity index (χ2v) is 4.78. The zero-order valence-corrected chi connectivity index (χ0v) is 12.1. The van der Waals surface area contributed by atoms with Crippen molar-refractivity contribution in [1.82, 2.24) is 12.3 Å². The summed E-state index contributed by atoms with van der Waals surface area (Å²) in [6.45, 7) is 6.96. The first-order valence-corrected chi connectivity index (χ1v) is 6.81. The molecule has 0 heterocycles. The lowest BCUT2D eigenvalue weighted by Crippen LogP contribution is -1.91. The molecular formula is C14H36N2. The minimum Gasteiger partial charge on any atom is -0.344 e. The maximum atomic E-state index is 2.38. The number of unbranched alkanes of at least 4 members (excludes halogenated alkanes) is 7. The third kappa shape index (κ3) is 16.4. The van der Waals surface area contributed by atoms with Crippen molar-refractivity contribution in [2.24, 2.45) is 5.92 Å². The number of hydrogen-bond acceptors (Lipinski definition) is 2. The molecule has 0 saturated heterocycles. The van der Waals surface area contributed by atoms with E-state index in [9.17, 15) is 0 Å². The van der Waals surface area contributed by atoms with Crippen molar-refractivity contribution in [2.75, 3.05) is 0 Å². The average Bonchev–Trinajstić information content (AvgIpc) is 2.21. The van der Waals surface area contributed by atoms with Crippen LogP contribution in [0, 0.1) is 5.92 Å². The van der Waals surface area contributed by atoms with Crippen molar-refractivity contribution in [3.05, 3.63) is 0 Å². The lowest BCUT2D eigenvalue weighted by molar-refractivity contribution is 0.470. The molecule has 0 aromatic heterocycles. The van der Waals surface area contributed by atoms with Gasteiger partial charge in [0.1, 0.15) is 0 Å². The monoisotopic (exact) mass is 232 g/mol. The highest BCUT2D eigenvalue weighted by molar-refractivity contribution is 4.51. The molecule has 1 unspecified atom stereocenters. The van der Waals surface area contributed by atoms with E-state index in [1.54, 1.807) is 0 Å². The molecule has 0 aliphatic heterocycles. The van der Waals surface area contributed by atoms with Crippen LogP contribution in [0.4, 0.5) is 0 Å². The summed E-state index contributed by atoms with van der Waals surface area (Å²) in [6, 6.07) is 0. The van der Waals surface area contributed by atoms with Gasteiger partial charge in [0, 0.05) is 0 Å². The Kier molecular flexibility index (Phi) is 23.0. The van der Waals surface area contributed by atoms with E-state index in [2.05, 4.69) is 20.8 Å². The minimum absolute atomic E-state index is 0. The van der Waals surface area contributed by atoms with E-state index in [1.165, 1.54) is 64.2 Å². The molecule has 2 nitrogen and oxygen atoms in total. The van der Waals surface area contributed by atoms with Gasteiger partial charge in [-0.1, -0.05) is 85.0 Å². The molecule has 0 saturated carbocycles. The van der Waals surface area contributed by atoms with E-state index < -0.39 is 0 Å². The number of rotatable bonds is 10. The van der Waals surface area contributed by atoms with Crippen LogP contribution in [0.3, 0.4) is 0 Å². The maximum Gasteiger partial charge on any atom is -0.0445 e. The standard InChI is InChI=1S/C14H30.2H3N/c1-4-6-7-8-9-10-11-12-13-14(3)5-2;;/h14H,4-13H2,1-3H3;2*1H3. The quantitative estimate of drug-likeness (QED) is 0.461. The summed E-state index contributed by atoms with van der Waals surface area (Å²) in [5.74, 6) is 0.954. The molecule has 0 aromatic carbocycles. The average molecular weight is 232 g/mol. The van der Waals surface area contributed by atoms with Crippen LogP contribution in [-0.4, -0.2) is 0 Å². The highest BCUT2D eigenvalue weighted by Crippen LogP contribution is 2.14. The van der Waals surface area contributed by atoms with Gasteiger partial charge in [-0.05, 0) is 5.92 Å². The Bertz CT molecular complexity index is 105. The van der Waals surface area contributed by atoms with Gasteiger partial charge in [0.25, 0.3) is 0 Å². The van der Waals surface area contributed by atoms with Gasteiger partial charge in [-0.3, -0.25) is 0 Å². The smallest absolute Gasteiger partial charge is 0.0445 e. The molecule has 16 heavy (non-hydrogen) atoms. The first kappa shape index (κ1) is 21.2. The van der Waals surface area contributed by atoms with Crippen LogP contribution in [-0.2, 0) is 0 Å². The Labute approximate surface area is 104 Å². The van der Waals surface area contributed by atoms with Crippen LogP contribution in [0.25, 0.3) is 0 Å². The van der Waals surface area contributed by atoms with E-state index in [0.717, 1.165) is 5.92 Å². The summed E-state index contributed by atoms with van der Waals surface area (Å²) in [5.41, 5.74) is 0. The molecule has 0 aliphatic rings. The van der Waals surface area contributed by atoms with Gasteiger partial charge in [0.15, 0.2) is 0 Å². The number of hydrogen-bond donors (Lipinski definition) is 2. The third-order valence-electron chi connectivity index (χ3n) is 3.25. The molecular weight excluding hydrogens is 196 g/mol. The Morgan fingerprint density at radius 2 is 1.12 bits per heavy atom. The minimum atomic E-state index is 0. The SMILES string of the molecule is CCCCCCCCCCC(C)CC.N.N. The Morgan fingerprint density at radius 3 is 1.56 bits per heavy atom. The fourth-order valence-electron chi connectivity index (χ4n) is 1.83. The van der Waals surface area contributed by atoms with Gasteiger partial charge in [0.05, 0.1) is 0 Å². The summed E-state index contributed by atoms with van der Waals surface area (Å²) in [6.07, 6.45) is 14.4. The highest BCUT2D eigenvalue weighted by Gasteiger charge is 1.97. The summed E-state index contributed by atoms with van der Waals surface area (Å²) in [5, 5.41) is 0. The molecule has 0 radical (unpaired) electrons. The van der Waals surface area contributed by atoms with Gasteiger partial charge in [-0.15, -0.1) is 0 Å². The Morgan fingerprint density at radius 1 is 0.688 bits per heavy atom. The lowest BCUT2D eigenvalue weighted by Gasteiger charge is -2.07. The molecule has 0 aromatic rings. The summed E-state index contributed by atoms with van der Waals surface area (Å²) in [7, 11) is 0. The molecule has 0 amide bonds. The van der Waals surface area contributed by atoms with Crippen molar-refractivity contribution in [2.45, 2.75) is 85.0 Å². The van der Waals surface area contributed by atoms with E-state index >= 15 is 0 Å². The lowest BCUT2D eigenvalue weighted by atomic mass is 10.00. The van der Waals surface area contributed by atoms with Gasteiger partial charge >= 0.3 is 0 Å². The summed E-state index contributed by atoms with van der Waals surface area (Å²) >= 11 is 0. The first-order chi connectivity index (χ1) is 6.81. The molecule has 6 N–H and O–H groups in total. The van der Waals surface area contributed by atoms with E-state index in [1.807, 2.05) is 0 Å². The van der Waals surface area contributed by atoms with Crippen LogP contribution in [0.1, 0.15) is 85.0 Å². The third-order valence-corrected chi connectivity index (χ3v) is 3.25. The molecule has 0 aliphatic carbocycles. The van der Waals surface area contributed by atoms with Crippen molar-refractivity contribution in [3.63, 3.8) is 0 Å². The van der Waals surface area contributed by atoms with Crippen LogP contribution < -0.4 is 12.3 Å². The summed E-state index contributed by atoms with van der Waals surface area (Å²) in [4.78, 5) is 0. The van der Waals surface area contributed by atoms with Gasteiger partial charge in [-0.2, -0.15) is 0 Å². The fourth-order valence-corrected chi connectivity index (χ4v) is 1.83. The molecule has 0 fully saturated rings. The fraction of sp³-hybridized carbons (Fsp3) is 1.00. The van der Waals surface area contributed by atoms with E-state index in [-0.39, 0.29) is 12.3 Å². The van der Waals surface area contributed by atoms with Crippen molar-refractivity contribution < 1.29 is 0 Å². The van der Waals surface area contributed by atoms with Crippen LogP contribution in [0.2, 0.25) is 0 Å². The van der Waals surface area contributed by atoms with Crippen LogP contribution in [0.5, 0.6) is 0 Å². The van der Waals surface area contributed by atoms with Crippen LogP contribution >= 0.6 is 0 Å². The zero-order valence-electron chi connectivity index (χ0n) is 12.1. The largest absolute Gasteiger partial charge is 0.344 e. The van der Waals surface area contributed by atoms with Crippen molar-refractivity contribution >= 4 is 0 Å². The maximum absolute atomic E-state index is 2.38. The second kappa shape index (κ2) is 17.3. The molecule has 1 atom stereocenters. The molecule has 2 heteroatoms. The summed E-state index contributed by atoms with van der Waals surface area (Å²) < 4.78 is 0.